The Balaban J connectivity index is 1.88. The molecule has 0 saturated carbocycles. The van der Waals surface area contributed by atoms with Crippen LogP contribution in [0.3, 0.4) is 0 Å². The van der Waals surface area contributed by atoms with E-state index in [0.717, 1.165) is 39.9 Å². The first-order chi connectivity index (χ1) is 14.6. The third kappa shape index (κ3) is 4.07. The van der Waals surface area contributed by atoms with Gasteiger partial charge in [0.05, 0.1) is 16.8 Å². The second-order valence-corrected chi connectivity index (χ2v) is 8.88. The number of nitrogens with zero attached hydrogens (tertiary/aromatic N) is 3. The number of benzene rings is 2. The number of hydrogen-bond donors (Lipinski definition) is 0. The zero-order valence-corrected chi connectivity index (χ0v) is 17.9. The maximum absolute atomic E-state index is 13.1. The van der Waals surface area contributed by atoms with Crippen molar-refractivity contribution < 1.29 is 13.2 Å². The summed E-state index contributed by atoms with van der Waals surface area (Å²) in [6.07, 6.45) is -1.04. The highest BCUT2D eigenvalue weighted by Crippen LogP contribution is 2.41. The van der Waals surface area contributed by atoms with Gasteiger partial charge in [0.1, 0.15) is 6.17 Å². The van der Waals surface area contributed by atoms with Gasteiger partial charge in [-0.2, -0.15) is 13.2 Å². The number of halogens is 3. The summed E-state index contributed by atoms with van der Waals surface area (Å²) < 4.78 is 39.4. The van der Waals surface area contributed by atoms with Gasteiger partial charge in [0.15, 0.2) is 0 Å². The number of pyridine rings is 1. The molecule has 1 unspecified atom stereocenters. The van der Waals surface area contributed by atoms with Gasteiger partial charge in [0.2, 0.25) is 0 Å². The SMILES string of the molecule is CC1=C(c2ccc3cccnc3c2)N(c2ccc(C(F)(F)F)cc2)C(C(C)(C)C)N=C1. The van der Waals surface area contributed by atoms with E-state index in [9.17, 15) is 13.2 Å². The van der Waals surface area contributed by atoms with E-state index in [1.165, 1.54) is 12.1 Å². The second kappa shape index (κ2) is 7.52. The third-order valence-electron chi connectivity index (χ3n) is 5.40. The van der Waals surface area contributed by atoms with E-state index in [1.807, 2.05) is 48.4 Å². The minimum atomic E-state index is -4.37. The largest absolute Gasteiger partial charge is 0.416 e. The maximum Gasteiger partial charge on any atom is 0.416 e. The van der Waals surface area contributed by atoms with Gasteiger partial charge in [-0.1, -0.05) is 39.0 Å². The molecule has 0 aliphatic carbocycles. The minimum Gasteiger partial charge on any atom is -0.317 e. The van der Waals surface area contributed by atoms with Gasteiger partial charge < -0.3 is 4.90 Å². The molecule has 1 aromatic heterocycles. The van der Waals surface area contributed by atoms with E-state index in [-0.39, 0.29) is 11.6 Å². The molecule has 6 heteroatoms. The molecule has 0 amide bonds. The molecule has 3 nitrogen and oxygen atoms in total. The lowest BCUT2D eigenvalue weighted by molar-refractivity contribution is -0.137. The van der Waals surface area contributed by atoms with Crippen LogP contribution < -0.4 is 4.90 Å². The molecule has 1 aliphatic rings. The Labute approximate surface area is 179 Å². The molecule has 31 heavy (non-hydrogen) atoms. The van der Waals surface area contributed by atoms with Crippen molar-refractivity contribution in [3.05, 3.63) is 77.5 Å². The maximum atomic E-state index is 13.1. The monoisotopic (exact) mass is 423 g/mol. The van der Waals surface area contributed by atoms with Gasteiger partial charge in [0, 0.05) is 34.5 Å². The summed E-state index contributed by atoms with van der Waals surface area (Å²) in [6.45, 7) is 8.20. The van der Waals surface area contributed by atoms with Crippen molar-refractivity contribution in [3.8, 4) is 0 Å². The van der Waals surface area contributed by atoms with Gasteiger partial charge in [-0.15, -0.1) is 0 Å². The molecule has 0 bridgehead atoms. The summed E-state index contributed by atoms with van der Waals surface area (Å²) in [6, 6.07) is 15.3. The summed E-state index contributed by atoms with van der Waals surface area (Å²) in [7, 11) is 0. The van der Waals surface area contributed by atoms with Crippen LogP contribution in [0.4, 0.5) is 18.9 Å². The number of hydrogen-bond acceptors (Lipinski definition) is 3. The van der Waals surface area contributed by atoms with E-state index in [0.29, 0.717) is 5.69 Å². The van der Waals surface area contributed by atoms with Gasteiger partial charge in [-0.3, -0.25) is 9.98 Å². The number of allylic oxidation sites excluding steroid dienone is 1. The van der Waals surface area contributed by atoms with Crippen LogP contribution in [0.5, 0.6) is 0 Å². The van der Waals surface area contributed by atoms with Crippen molar-refractivity contribution in [1.29, 1.82) is 0 Å². The van der Waals surface area contributed by atoms with Crippen LogP contribution in [0.15, 0.2) is 71.4 Å². The summed E-state index contributed by atoms with van der Waals surface area (Å²) in [5.41, 5.74) is 3.42. The Bertz CT molecular complexity index is 1170. The van der Waals surface area contributed by atoms with Crippen LogP contribution in [0.1, 0.15) is 38.8 Å². The molecule has 2 heterocycles. The van der Waals surface area contributed by atoms with Crippen LogP contribution in [-0.2, 0) is 6.18 Å². The molecule has 4 rings (SSSR count). The molecule has 0 radical (unpaired) electrons. The molecule has 1 aliphatic heterocycles. The standard InChI is InChI=1S/C25H24F3N3/c1-16-15-30-23(24(2,3)4)31(20-11-9-19(10-12-20)25(26,27)28)22(16)18-8-7-17-6-5-13-29-21(17)14-18/h5-15,23H,1-4H3. The number of aliphatic imine (C=N–C) groups is 1. The molecule has 0 saturated heterocycles. The average Bonchev–Trinajstić information content (AvgIpc) is 2.71. The number of anilines is 1. The van der Waals surface area contributed by atoms with Gasteiger partial charge in [0.25, 0.3) is 0 Å². The van der Waals surface area contributed by atoms with Crippen molar-refractivity contribution in [1.82, 2.24) is 4.98 Å². The van der Waals surface area contributed by atoms with Crippen LogP contribution in [0, 0.1) is 5.41 Å². The Kier molecular flexibility index (Phi) is 5.12. The normalized spacial score (nSPS) is 17.5. The summed E-state index contributed by atoms with van der Waals surface area (Å²) in [4.78, 5) is 11.3. The topological polar surface area (TPSA) is 28.5 Å². The zero-order chi connectivity index (χ0) is 22.4. The molecule has 0 fully saturated rings. The first-order valence-corrected chi connectivity index (χ1v) is 10.1. The van der Waals surface area contributed by atoms with Crippen molar-refractivity contribution >= 4 is 28.5 Å². The fourth-order valence-corrected chi connectivity index (χ4v) is 3.90. The molecule has 3 aromatic rings. The number of aromatic nitrogens is 1. The summed E-state index contributed by atoms with van der Waals surface area (Å²) in [5.74, 6) is 0. The first-order valence-electron chi connectivity index (χ1n) is 10.1. The molecule has 1 atom stereocenters. The van der Waals surface area contributed by atoms with Crippen LogP contribution in [0.2, 0.25) is 0 Å². The quantitative estimate of drug-likeness (QED) is 0.446. The Morgan fingerprint density at radius 3 is 2.29 bits per heavy atom. The predicted octanol–water partition coefficient (Wildman–Crippen LogP) is 6.95. The van der Waals surface area contributed by atoms with Crippen LogP contribution >= 0.6 is 0 Å². The van der Waals surface area contributed by atoms with Gasteiger partial charge in [-0.25, -0.2) is 0 Å². The molecule has 0 N–H and O–H groups in total. The minimum absolute atomic E-state index is 0.250. The lowest BCUT2D eigenvalue weighted by Gasteiger charge is -2.43. The van der Waals surface area contributed by atoms with Crippen LogP contribution in [-0.4, -0.2) is 17.4 Å². The molecule has 160 valence electrons. The Morgan fingerprint density at radius 1 is 0.935 bits per heavy atom. The first kappa shape index (κ1) is 21.1. The highest BCUT2D eigenvalue weighted by Gasteiger charge is 2.36. The smallest absolute Gasteiger partial charge is 0.317 e. The van der Waals surface area contributed by atoms with Crippen molar-refractivity contribution in [2.45, 2.75) is 40.0 Å². The second-order valence-electron chi connectivity index (χ2n) is 8.88. The highest BCUT2D eigenvalue weighted by molar-refractivity contribution is 5.99. The summed E-state index contributed by atoms with van der Waals surface area (Å²) >= 11 is 0. The number of rotatable bonds is 2. The molecule has 2 aromatic carbocycles. The lowest BCUT2D eigenvalue weighted by Crippen LogP contribution is -2.44. The summed E-state index contributed by atoms with van der Waals surface area (Å²) in [5, 5.41) is 1.03. The van der Waals surface area contributed by atoms with Crippen molar-refractivity contribution in [2.24, 2.45) is 10.4 Å². The lowest BCUT2D eigenvalue weighted by atomic mass is 9.88. The van der Waals surface area contributed by atoms with Gasteiger partial charge in [-0.05, 0) is 48.9 Å². The zero-order valence-electron chi connectivity index (χ0n) is 17.9. The fourth-order valence-electron chi connectivity index (χ4n) is 3.90. The van der Waals surface area contributed by atoms with Crippen molar-refractivity contribution in [2.75, 3.05) is 4.90 Å². The highest BCUT2D eigenvalue weighted by atomic mass is 19.4. The van der Waals surface area contributed by atoms with E-state index >= 15 is 0 Å². The predicted molar refractivity (Wildman–Crippen MR) is 120 cm³/mol. The van der Waals surface area contributed by atoms with Crippen molar-refractivity contribution in [3.63, 3.8) is 0 Å². The molecule has 0 spiro atoms. The Hall–Kier alpha value is -3.15. The molecular weight excluding hydrogens is 399 g/mol. The molecular formula is C25H24F3N3. The van der Waals surface area contributed by atoms with E-state index in [1.54, 1.807) is 6.20 Å². The number of fused-ring (bicyclic) bond motifs is 1. The average molecular weight is 423 g/mol. The fraction of sp³-hybridized carbons (Fsp3) is 0.280. The Morgan fingerprint density at radius 2 is 1.65 bits per heavy atom. The van der Waals surface area contributed by atoms with E-state index in [4.69, 9.17) is 4.99 Å². The van der Waals surface area contributed by atoms with E-state index in [2.05, 4.69) is 25.8 Å². The van der Waals surface area contributed by atoms with E-state index < -0.39 is 11.7 Å². The number of alkyl halides is 3. The van der Waals surface area contributed by atoms with Crippen LogP contribution in [0.25, 0.3) is 16.6 Å². The van der Waals surface area contributed by atoms with Gasteiger partial charge >= 0.3 is 6.18 Å². The third-order valence-corrected chi connectivity index (χ3v) is 5.40.